The fraction of sp³-hybridized carbons (Fsp3) is 0.571. The Labute approximate surface area is 107 Å². The first-order chi connectivity index (χ1) is 8.58. The zero-order chi connectivity index (χ0) is 13.1. The highest BCUT2D eigenvalue weighted by atomic mass is 16.7. The summed E-state index contributed by atoms with van der Waals surface area (Å²) in [6.45, 7) is 3.21. The fourth-order valence-corrected chi connectivity index (χ4v) is 2.62. The van der Waals surface area contributed by atoms with E-state index in [9.17, 15) is 9.59 Å². The second-order valence-electron chi connectivity index (χ2n) is 5.01. The molecule has 1 fully saturated rings. The van der Waals surface area contributed by atoms with Crippen molar-refractivity contribution < 1.29 is 9.63 Å². The van der Waals surface area contributed by atoms with Gasteiger partial charge in [-0.05, 0) is 31.4 Å². The van der Waals surface area contributed by atoms with Gasteiger partial charge in [-0.2, -0.15) is 0 Å². The summed E-state index contributed by atoms with van der Waals surface area (Å²) in [7, 11) is 0. The molecule has 0 unspecified atom stereocenters. The molecule has 0 spiro atoms. The Morgan fingerprint density at radius 2 is 1.94 bits per heavy atom. The van der Waals surface area contributed by atoms with Gasteiger partial charge < -0.3 is 4.84 Å². The molecule has 1 aromatic heterocycles. The Bertz CT molecular complexity index is 498. The van der Waals surface area contributed by atoms with Crippen molar-refractivity contribution >= 4 is 5.97 Å². The second-order valence-corrected chi connectivity index (χ2v) is 5.01. The first-order valence-electron chi connectivity index (χ1n) is 6.50. The van der Waals surface area contributed by atoms with Gasteiger partial charge in [-0.3, -0.25) is 4.79 Å². The van der Waals surface area contributed by atoms with E-state index in [0.29, 0.717) is 5.92 Å². The van der Waals surface area contributed by atoms with Crippen LogP contribution >= 0.6 is 0 Å². The van der Waals surface area contributed by atoms with Crippen LogP contribution in [0.4, 0.5) is 0 Å². The molecule has 0 bridgehead atoms. The molecule has 1 aromatic rings. The zero-order valence-corrected chi connectivity index (χ0v) is 10.9. The topological polar surface area (TPSA) is 48.3 Å². The molecule has 0 N–H and O–H groups in total. The summed E-state index contributed by atoms with van der Waals surface area (Å²) < 4.78 is 1.17. The zero-order valence-electron chi connectivity index (χ0n) is 10.9. The van der Waals surface area contributed by atoms with Gasteiger partial charge in [0.2, 0.25) is 0 Å². The first kappa shape index (κ1) is 12.9. The van der Waals surface area contributed by atoms with Crippen molar-refractivity contribution in [3.63, 3.8) is 0 Å². The summed E-state index contributed by atoms with van der Waals surface area (Å²) in [5.41, 5.74) is 1.50. The van der Waals surface area contributed by atoms with E-state index in [1.165, 1.54) is 37.0 Å². The van der Waals surface area contributed by atoms with Crippen LogP contribution in [0, 0.1) is 6.92 Å². The van der Waals surface area contributed by atoms with Crippen LogP contribution in [0.25, 0.3) is 0 Å². The maximum atomic E-state index is 11.9. The summed E-state index contributed by atoms with van der Waals surface area (Å²) in [6, 6.07) is 3.45. The quantitative estimate of drug-likeness (QED) is 0.807. The van der Waals surface area contributed by atoms with E-state index >= 15 is 0 Å². The summed E-state index contributed by atoms with van der Waals surface area (Å²) in [5.74, 6) is -0.135. The number of hydrogen-bond donors (Lipinski definition) is 0. The number of hydrogen-bond acceptors (Lipinski definition) is 3. The molecule has 98 valence electrons. The van der Waals surface area contributed by atoms with Gasteiger partial charge in [-0.25, -0.2) is 4.79 Å². The van der Waals surface area contributed by atoms with Gasteiger partial charge in [-0.1, -0.05) is 19.3 Å². The van der Waals surface area contributed by atoms with Crippen LogP contribution in [0.2, 0.25) is 0 Å². The Kier molecular flexibility index (Phi) is 3.84. The number of aryl methyl sites for hydroxylation is 1. The highest BCUT2D eigenvalue weighted by Gasteiger charge is 2.21. The molecule has 0 amide bonds. The normalized spacial score (nSPS) is 16.6. The minimum Gasteiger partial charge on any atom is -0.334 e. The summed E-state index contributed by atoms with van der Waals surface area (Å²) in [4.78, 5) is 28.1. The molecule has 0 aliphatic heterocycles. The van der Waals surface area contributed by atoms with Crippen LogP contribution in [0.1, 0.15) is 56.2 Å². The maximum absolute atomic E-state index is 11.9. The molecule has 0 aromatic carbocycles. The van der Waals surface area contributed by atoms with Crippen LogP contribution in [0.3, 0.4) is 0 Å². The van der Waals surface area contributed by atoms with E-state index in [0.717, 1.165) is 24.1 Å². The Hall–Kier alpha value is -1.58. The predicted molar refractivity (Wildman–Crippen MR) is 68.5 cm³/mol. The minimum atomic E-state index is -0.460. The Morgan fingerprint density at radius 3 is 2.56 bits per heavy atom. The van der Waals surface area contributed by atoms with Crippen molar-refractivity contribution in [2.24, 2.45) is 0 Å². The smallest absolute Gasteiger partial charge is 0.330 e. The molecule has 0 atom stereocenters. The van der Waals surface area contributed by atoms with Crippen LogP contribution in [0.15, 0.2) is 16.9 Å². The number of carbonyl (C=O) groups is 1. The summed E-state index contributed by atoms with van der Waals surface area (Å²) in [6.07, 6.45) is 5.72. The van der Waals surface area contributed by atoms with Crippen LogP contribution in [-0.4, -0.2) is 10.7 Å². The van der Waals surface area contributed by atoms with E-state index < -0.39 is 5.97 Å². The van der Waals surface area contributed by atoms with Crippen LogP contribution in [0.5, 0.6) is 0 Å². The van der Waals surface area contributed by atoms with Crippen molar-refractivity contribution in [1.82, 2.24) is 4.73 Å². The molecule has 4 nitrogen and oxygen atoms in total. The standard InChI is InChI=1S/C14H19NO3/c1-10-8-13(12-6-4-3-5-7-12)15(14(17)9-10)18-11(2)16/h8-9,12H,3-7H2,1-2H3. The summed E-state index contributed by atoms with van der Waals surface area (Å²) in [5, 5.41) is 0. The molecular formula is C14H19NO3. The lowest BCUT2D eigenvalue weighted by molar-refractivity contribution is -0.142. The lowest BCUT2D eigenvalue weighted by Gasteiger charge is -2.24. The van der Waals surface area contributed by atoms with E-state index in [-0.39, 0.29) is 5.56 Å². The largest absolute Gasteiger partial charge is 0.334 e. The van der Waals surface area contributed by atoms with Gasteiger partial charge in [0, 0.05) is 18.9 Å². The molecule has 1 heterocycles. The molecule has 4 heteroatoms. The average Bonchev–Trinajstić information content (AvgIpc) is 2.33. The third-order valence-electron chi connectivity index (χ3n) is 3.40. The predicted octanol–water partition coefficient (Wildman–Crippen LogP) is 2.18. The Balaban J connectivity index is 2.42. The molecule has 1 aliphatic rings. The van der Waals surface area contributed by atoms with Gasteiger partial charge in [-0.15, -0.1) is 4.73 Å². The second kappa shape index (κ2) is 5.38. The van der Waals surface area contributed by atoms with Crippen molar-refractivity contribution in [2.75, 3.05) is 0 Å². The number of aromatic nitrogens is 1. The lowest BCUT2D eigenvalue weighted by atomic mass is 9.86. The summed E-state index contributed by atoms with van der Waals surface area (Å²) >= 11 is 0. The number of carbonyl (C=O) groups excluding carboxylic acids is 1. The van der Waals surface area contributed by atoms with Crippen LogP contribution in [-0.2, 0) is 4.79 Å². The highest BCUT2D eigenvalue weighted by Crippen LogP contribution is 2.32. The monoisotopic (exact) mass is 249 g/mol. The first-order valence-corrected chi connectivity index (χ1v) is 6.50. The molecule has 1 aliphatic carbocycles. The fourth-order valence-electron chi connectivity index (χ4n) is 2.62. The molecular weight excluding hydrogens is 230 g/mol. The van der Waals surface area contributed by atoms with Crippen molar-refractivity contribution in [2.45, 2.75) is 51.9 Å². The van der Waals surface area contributed by atoms with Crippen molar-refractivity contribution in [3.8, 4) is 0 Å². The van der Waals surface area contributed by atoms with E-state index in [1.54, 1.807) is 0 Å². The van der Waals surface area contributed by atoms with E-state index in [1.807, 2.05) is 13.0 Å². The molecule has 18 heavy (non-hydrogen) atoms. The van der Waals surface area contributed by atoms with Gasteiger partial charge in [0.1, 0.15) is 0 Å². The highest BCUT2D eigenvalue weighted by molar-refractivity contribution is 5.66. The Morgan fingerprint density at radius 1 is 1.28 bits per heavy atom. The van der Waals surface area contributed by atoms with E-state index in [4.69, 9.17) is 4.84 Å². The van der Waals surface area contributed by atoms with Crippen molar-refractivity contribution in [3.05, 3.63) is 33.7 Å². The van der Waals surface area contributed by atoms with Crippen molar-refractivity contribution in [1.29, 1.82) is 0 Å². The number of pyridine rings is 1. The van der Waals surface area contributed by atoms with Gasteiger partial charge in [0.15, 0.2) is 0 Å². The minimum absolute atomic E-state index is 0.259. The van der Waals surface area contributed by atoms with E-state index in [2.05, 4.69) is 0 Å². The van der Waals surface area contributed by atoms with Gasteiger partial charge in [0.05, 0.1) is 5.69 Å². The number of nitrogens with zero attached hydrogens (tertiary/aromatic N) is 1. The molecule has 0 radical (unpaired) electrons. The third kappa shape index (κ3) is 2.81. The van der Waals surface area contributed by atoms with Gasteiger partial charge >= 0.3 is 5.97 Å². The number of rotatable bonds is 2. The molecule has 0 saturated heterocycles. The molecule has 2 rings (SSSR count). The van der Waals surface area contributed by atoms with Crippen LogP contribution < -0.4 is 10.4 Å². The average molecular weight is 249 g/mol. The van der Waals surface area contributed by atoms with Gasteiger partial charge in [0.25, 0.3) is 5.56 Å². The maximum Gasteiger partial charge on any atom is 0.330 e. The third-order valence-corrected chi connectivity index (χ3v) is 3.40. The lowest BCUT2D eigenvalue weighted by Crippen LogP contribution is -2.33. The SMILES string of the molecule is CC(=O)On1c(C2CCCCC2)cc(C)cc1=O. The molecule has 1 saturated carbocycles.